The summed E-state index contributed by atoms with van der Waals surface area (Å²) >= 11 is 0. The number of rotatable bonds is 12. The number of hydrogen-bond donors (Lipinski definition) is 5. The molecule has 0 saturated heterocycles. The second-order valence-corrected chi connectivity index (χ2v) is 7.62. The quantitative estimate of drug-likeness (QED) is 0.339. The molecular weight excluding hydrogens is 338 g/mol. The third-order valence-electron chi connectivity index (χ3n) is 4.02. The predicted octanol–water partition coefficient (Wildman–Crippen LogP) is 0.621. The van der Waals surface area contributed by atoms with Crippen molar-refractivity contribution in [3.8, 4) is 0 Å². The molecule has 0 spiro atoms. The third kappa shape index (κ3) is 9.72. The van der Waals surface area contributed by atoms with E-state index in [1.807, 2.05) is 27.7 Å². The van der Waals surface area contributed by atoms with E-state index in [1.54, 1.807) is 6.92 Å². The first-order valence-electron chi connectivity index (χ1n) is 9.24. The molecule has 0 aliphatic heterocycles. The zero-order chi connectivity index (χ0) is 20.4. The van der Waals surface area contributed by atoms with Crippen LogP contribution in [0.1, 0.15) is 60.3 Å². The Balaban J connectivity index is 4.87. The Morgan fingerprint density at radius 1 is 1.00 bits per heavy atom. The number of aliphatic hydroxyl groups excluding tert-OH is 1. The normalized spacial score (nSPS) is 16.0. The van der Waals surface area contributed by atoms with E-state index in [2.05, 4.69) is 10.6 Å². The highest BCUT2D eigenvalue weighted by molar-refractivity contribution is 5.84. The highest BCUT2D eigenvalue weighted by Crippen LogP contribution is 2.12. The van der Waals surface area contributed by atoms with Gasteiger partial charge in [-0.3, -0.25) is 9.59 Å². The third-order valence-corrected chi connectivity index (χ3v) is 4.02. The number of nitrogens with two attached hydrogens (primary N) is 1. The standard InChI is InChI=1S/C18H35N3O5/c1-6-13(18(25)26)20-16(23)9-15(22)14(8-11(4)5)21-17(24)12(19)7-10(2)3/h10-15,22H,6-9,19H2,1-5H3,(H,20,23)(H,21,24)(H,25,26)/t12-,13-,14-,15-/m0/s1. The average Bonchev–Trinajstić information content (AvgIpc) is 2.50. The SMILES string of the molecule is CC[C@H](NC(=O)C[C@H](O)[C@H](CC(C)C)NC(=O)[C@@H](N)CC(C)C)C(=O)O. The molecule has 0 bridgehead atoms. The summed E-state index contributed by atoms with van der Waals surface area (Å²) in [6.45, 7) is 9.46. The molecule has 8 nitrogen and oxygen atoms in total. The molecule has 0 aliphatic rings. The monoisotopic (exact) mass is 373 g/mol. The van der Waals surface area contributed by atoms with Crippen molar-refractivity contribution in [2.75, 3.05) is 0 Å². The lowest BCUT2D eigenvalue weighted by Crippen LogP contribution is -2.52. The van der Waals surface area contributed by atoms with Gasteiger partial charge in [-0.15, -0.1) is 0 Å². The van der Waals surface area contributed by atoms with Gasteiger partial charge in [-0.25, -0.2) is 4.79 Å². The number of aliphatic hydroxyl groups is 1. The van der Waals surface area contributed by atoms with E-state index in [0.29, 0.717) is 12.8 Å². The molecule has 6 N–H and O–H groups in total. The van der Waals surface area contributed by atoms with E-state index in [1.165, 1.54) is 0 Å². The summed E-state index contributed by atoms with van der Waals surface area (Å²) in [4.78, 5) is 35.3. The number of carbonyl (C=O) groups excluding carboxylic acids is 2. The Morgan fingerprint density at radius 2 is 1.54 bits per heavy atom. The van der Waals surface area contributed by atoms with Crippen molar-refractivity contribution in [2.24, 2.45) is 17.6 Å². The minimum Gasteiger partial charge on any atom is -0.480 e. The maximum absolute atomic E-state index is 12.2. The fourth-order valence-electron chi connectivity index (χ4n) is 2.65. The Morgan fingerprint density at radius 3 is 1.96 bits per heavy atom. The first-order valence-corrected chi connectivity index (χ1v) is 9.24. The fraction of sp³-hybridized carbons (Fsp3) is 0.833. The smallest absolute Gasteiger partial charge is 0.326 e. The largest absolute Gasteiger partial charge is 0.480 e. The molecule has 0 aliphatic carbocycles. The molecule has 26 heavy (non-hydrogen) atoms. The lowest BCUT2D eigenvalue weighted by Gasteiger charge is -2.27. The van der Waals surface area contributed by atoms with Gasteiger partial charge in [-0.1, -0.05) is 34.6 Å². The minimum atomic E-state index is -1.13. The van der Waals surface area contributed by atoms with Crippen LogP contribution in [0.2, 0.25) is 0 Å². The molecule has 0 rings (SSSR count). The molecule has 0 aromatic carbocycles. The van der Waals surface area contributed by atoms with Crippen LogP contribution in [0.5, 0.6) is 0 Å². The first kappa shape index (κ1) is 24.3. The molecule has 0 aromatic rings. The van der Waals surface area contributed by atoms with Gasteiger partial charge in [0.1, 0.15) is 6.04 Å². The van der Waals surface area contributed by atoms with Crippen molar-refractivity contribution >= 4 is 17.8 Å². The van der Waals surface area contributed by atoms with E-state index in [4.69, 9.17) is 10.8 Å². The number of carboxylic acid groups (broad SMARTS) is 1. The molecule has 0 heterocycles. The van der Waals surface area contributed by atoms with Crippen LogP contribution in [0.25, 0.3) is 0 Å². The molecule has 2 amide bonds. The van der Waals surface area contributed by atoms with E-state index in [-0.39, 0.29) is 30.6 Å². The Kier molecular flexibility index (Phi) is 11.1. The van der Waals surface area contributed by atoms with Crippen molar-refractivity contribution in [1.29, 1.82) is 0 Å². The molecule has 0 aromatic heterocycles. The summed E-state index contributed by atoms with van der Waals surface area (Å²) in [6, 6.07) is -2.30. The van der Waals surface area contributed by atoms with Gasteiger partial charge in [-0.05, 0) is 31.1 Å². The Labute approximate surface area is 155 Å². The van der Waals surface area contributed by atoms with E-state index < -0.39 is 36.1 Å². The zero-order valence-corrected chi connectivity index (χ0v) is 16.5. The van der Waals surface area contributed by atoms with Gasteiger partial charge in [0.2, 0.25) is 11.8 Å². The van der Waals surface area contributed by atoms with E-state index >= 15 is 0 Å². The van der Waals surface area contributed by atoms with Crippen molar-refractivity contribution in [3.05, 3.63) is 0 Å². The summed E-state index contributed by atoms with van der Waals surface area (Å²) in [5.74, 6) is -1.61. The summed E-state index contributed by atoms with van der Waals surface area (Å²) in [6.07, 6.45) is -0.175. The number of amides is 2. The molecular formula is C18H35N3O5. The van der Waals surface area contributed by atoms with Crippen LogP contribution in [0, 0.1) is 11.8 Å². The maximum atomic E-state index is 12.2. The van der Waals surface area contributed by atoms with Crippen LogP contribution in [0.3, 0.4) is 0 Å². The molecule has 0 fully saturated rings. The van der Waals surface area contributed by atoms with Crippen LogP contribution >= 0.6 is 0 Å². The second-order valence-electron chi connectivity index (χ2n) is 7.62. The van der Waals surface area contributed by atoms with E-state index in [9.17, 15) is 19.5 Å². The number of carbonyl (C=O) groups is 3. The summed E-state index contributed by atoms with van der Waals surface area (Å²) in [7, 11) is 0. The van der Waals surface area contributed by atoms with Crippen LogP contribution in [-0.2, 0) is 14.4 Å². The van der Waals surface area contributed by atoms with Crippen molar-refractivity contribution in [1.82, 2.24) is 10.6 Å². The molecule has 0 saturated carbocycles. The molecule has 0 radical (unpaired) electrons. The van der Waals surface area contributed by atoms with Gasteiger partial charge in [0, 0.05) is 0 Å². The van der Waals surface area contributed by atoms with Gasteiger partial charge in [-0.2, -0.15) is 0 Å². The number of carboxylic acids is 1. The number of nitrogens with one attached hydrogen (secondary N) is 2. The lowest BCUT2D eigenvalue weighted by molar-refractivity contribution is -0.142. The highest BCUT2D eigenvalue weighted by Gasteiger charge is 2.28. The Bertz CT molecular complexity index is 468. The molecule has 0 unspecified atom stereocenters. The number of aliphatic carboxylic acids is 1. The second kappa shape index (κ2) is 11.9. The van der Waals surface area contributed by atoms with Crippen molar-refractivity contribution in [2.45, 2.75) is 84.5 Å². The fourth-order valence-corrected chi connectivity index (χ4v) is 2.65. The summed E-state index contributed by atoms with van der Waals surface area (Å²) in [5.41, 5.74) is 5.88. The van der Waals surface area contributed by atoms with Gasteiger partial charge >= 0.3 is 5.97 Å². The zero-order valence-electron chi connectivity index (χ0n) is 16.5. The van der Waals surface area contributed by atoms with Crippen LogP contribution in [0.4, 0.5) is 0 Å². The van der Waals surface area contributed by atoms with Crippen molar-refractivity contribution in [3.63, 3.8) is 0 Å². The first-order chi connectivity index (χ1) is 12.0. The number of hydrogen-bond acceptors (Lipinski definition) is 5. The molecule has 8 heteroatoms. The van der Waals surface area contributed by atoms with Crippen LogP contribution < -0.4 is 16.4 Å². The van der Waals surface area contributed by atoms with Gasteiger partial charge < -0.3 is 26.6 Å². The van der Waals surface area contributed by atoms with Gasteiger partial charge in [0.05, 0.1) is 24.6 Å². The summed E-state index contributed by atoms with van der Waals surface area (Å²) in [5, 5.41) is 24.5. The van der Waals surface area contributed by atoms with Gasteiger partial charge in [0.25, 0.3) is 0 Å². The predicted molar refractivity (Wildman–Crippen MR) is 99.3 cm³/mol. The lowest BCUT2D eigenvalue weighted by atomic mass is 9.96. The Hall–Kier alpha value is -1.67. The average molecular weight is 373 g/mol. The maximum Gasteiger partial charge on any atom is 0.326 e. The van der Waals surface area contributed by atoms with Crippen molar-refractivity contribution < 1.29 is 24.6 Å². The molecule has 4 atom stereocenters. The van der Waals surface area contributed by atoms with Crippen LogP contribution in [-0.4, -0.2) is 52.2 Å². The molecule has 152 valence electrons. The summed E-state index contributed by atoms with van der Waals surface area (Å²) < 4.78 is 0. The highest BCUT2D eigenvalue weighted by atomic mass is 16.4. The van der Waals surface area contributed by atoms with Crippen LogP contribution in [0.15, 0.2) is 0 Å². The minimum absolute atomic E-state index is 0.182. The topological polar surface area (TPSA) is 142 Å². The van der Waals surface area contributed by atoms with Gasteiger partial charge in [0.15, 0.2) is 0 Å². The van der Waals surface area contributed by atoms with E-state index in [0.717, 1.165) is 0 Å².